The summed E-state index contributed by atoms with van der Waals surface area (Å²) in [5, 5.41) is 43.6. The van der Waals surface area contributed by atoms with Crippen LogP contribution in [0.5, 0.6) is 17.2 Å². The fraction of sp³-hybridized carbons (Fsp3) is 0.444. The molecule has 38 heavy (non-hydrogen) atoms. The lowest BCUT2D eigenvalue weighted by molar-refractivity contribution is -0.225. The molecule has 1 saturated heterocycles. The predicted molar refractivity (Wildman–Crippen MR) is 130 cm³/mol. The Morgan fingerprint density at radius 2 is 1.84 bits per heavy atom. The highest BCUT2D eigenvalue weighted by atomic mass is 16.7. The summed E-state index contributed by atoms with van der Waals surface area (Å²) >= 11 is 0. The van der Waals surface area contributed by atoms with Crippen molar-refractivity contribution in [2.45, 2.75) is 62.7 Å². The number of aliphatic hydroxyl groups excluding tert-OH is 1. The van der Waals surface area contributed by atoms with E-state index in [4.69, 9.17) is 19.9 Å². The third-order valence-corrected chi connectivity index (χ3v) is 7.57. The van der Waals surface area contributed by atoms with E-state index in [1.807, 2.05) is 6.92 Å². The number of carbonyl (C=O) groups excluding carboxylic acids is 3. The molecule has 202 valence electrons. The van der Waals surface area contributed by atoms with Gasteiger partial charge in [-0.3, -0.25) is 14.4 Å². The standard InChI is InChI=1S/C27H29NO10/c1-11-6-12(28)7-18(37-11)38-16-9-27(35,17(30)10-29)8-14-20(16)26(34)22-21(24(14)32)23(31)13-4-3-5-15(36-2)19(13)25(22)33/h3-5,11-12,16,18,29,32,34-35H,6-10,28H2,1-2H3/t11?,12?,16-,18?,27-/m0/s1. The molecule has 1 fully saturated rings. The zero-order valence-corrected chi connectivity index (χ0v) is 20.9. The molecule has 5 atom stereocenters. The monoisotopic (exact) mass is 527 g/mol. The lowest BCUT2D eigenvalue weighted by Crippen LogP contribution is -2.48. The van der Waals surface area contributed by atoms with Crippen molar-refractivity contribution in [3.63, 3.8) is 0 Å². The van der Waals surface area contributed by atoms with Crippen molar-refractivity contribution in [2.75, 3.05) is 13.7 Å². The first-order valence-electron chi connectivity index (χ1n) is 12.3. The van der Waals surface area contributed by atoms with Gasteiger partial charge in [0.1, 0.15) is 29.5 Å². The number of ether oxygens (including phenoxy) is 3. The van der Waals surface area contributed by atoms with E-state index in [0.29, 0.717) is 6.42 Å². The van der Waals surface area contributed by atoms with Gasteiger partial charge in [-0.25, -0.2) is 0 Å². The molecular weight excluding hydrogens is 498 g/mol. The first-order chi connectivity index (χ1) is 18.0. The molecule has 2 aliphatic carbocycles. The molecule has 5 rings (SSSR count). The minimum Gasteiger partial charge on any atom is -0.507 e. The number of benzene rings is 2. The van der Waals surface area contributed by atoms with Gasteiger partial charge in [0.15, 0.2) is 17.9 Å². The smallest absolute Gasteiger partial charge is 0.202 e. The second-order valence-corrected chi connectivity index (χ2v) is 10.1. The zero-order valence-electron chi connectivity index (χ0n) is 20.9. The predicted octanol–water partition coefficient (Wildman–Crippen LogP) is 1.03. The normalized spacial score (nSPS) is 28.3. The first-order valence-corrected chi connectivity index (χ1v) is 12.3. The van der Waals surface area contributed by atoms with E-state index in [1.54, 1.807) is 0 Å². The molecule has 2 aromatic rings. The van der Waals surface area contributed by atoms with E-state index >= 15 is 0 Å². The Morgan fingerprint density at radius 3 is 2.50 bits per heavy atom. The summed E-state index contributed by atoms with van der Waals surface area (Å²) in [5.74, 6) is -3.55. The van der Waals surface area contributed by atoms with Crippen molar-refractivity contribution in [1.29, 1.82) is 0 Å². The highest BCUT2D eigenvalue weighted by Crippen LogP contribution is 2.52. The van der Waals surface area contributed by atoms with E-state index in [1.165, 1.54) is 25.3 Å². The number of carbonyl (C=O) groups is 3. The van der Waals surface area contributed by atoms with Crippen LogP contribution in [0, 0.1) is 0 Å². The number of Topliss-reactive ketones (excluding diaryl/α,β-unsaturated/α-hetero) is 1. The van der Waals surface area contributed by atoms with Crippen molar-refractivity contribution >= 4 is 17.3 Å². The summed E-state index contributed by atoms with van der Waals surface area (Å²) in [5.41, 5.74) is 2.78. The fourth-order valence-electron chi connectivity index (χ4n) is 5.81. The summed E-state index contributed by atoms with van der Waals surface area (Å²) in [7, 11) is 1.34. The minimum atomic E-state index is -2.18. The van der Waals surface area contributed by atoms with Crippen LogP contribution in [0.25, 0.3) is 0 Å². The number of ketones is 3. The fourth-order valence-corrected chi connectivity index (χ4v) is 5.81. The molecule has 0 spiro atoms. The molecule has 0 amide bonds. The van der Waals surface area contributed by atoms with Gasteiger partial charge in [0.2, 0.25) is 5.78 Å². The van der Waals surface area contributed by atoms with Crippen LogP contribution in [-0.4, -0.2) is 75.5 Å². The van der Waals surface area contributed by atoms with Crippen LogP contribution in [0.1, 0.15) is 75.3 Å². The maximum atomic E-state index is 13.6. The number of aliphatic hydroxyl groups is 2. The van der Waals surface area contributed by atoms with Crippen LogP contribution in [0.2, 0.25) is 0 Å². The first kappa shape index (κ1) is 26.3. The summed E-state index contributed by atoms with van der Waals surface area (Å²) in [6.07, 6.45) is -2.45. The van der Waals surface area contributed by atoms with Gasteiger partial charge in [-0.15, -0.1) is 0 Å². The van der Waals surface area contributed by atoms with Crippen LogP contribution in [0.4, 0.5) is 0 Å². The van der Waals surface area contributed by atoms with Gasteiger partial charge in [-0.2, -0.15) is 0 Å². The van der Waals surface area contributed by atoms with E-state index in [0.717, 1.165) is 0 Å². The molecule has 1 heterocycles. The third-order valence-electron chi connectivity index (χ3n) is 7.57. The van der Waals surface area contributed by atoms with E-state index < -0.39 is 77.4 Å². The number of hydrogen-bond acceptors (Lipinski definition) is 11. The highest BCUT2D eigenvalue weighted by molar-refractivity contribution is 6.31. The lowest BCUT2D eigenvalue weighted by Gasteiger charge is -2.41. The molecule has 1 aliphatic heterocycles. The maximum absolute atomic E-state index is 13.6. The van der Waals surface area contributed by atoms with Crippen molar-refractivity contribution < 1.29 is 49.0 Å². The number of aromatic hydroxyl groups is 2. The second kappa shape index (κ2) is 9.44. The average Bonchev–Trinajstić information content (AvgIpc) is 2.87. The van der Waals surface area contributed by atoms with Gasteiger partial charge < -0.3 is 40.4 Å². The van der Waals surface area contributed by atoms with Crippen molar-refractivity contribution in [3.8, 4) is 17.2 Å². The molecule has 6 N–H and O–H groups in total. The van der Waals surface area contributed by atoms with Gasteiger partial charge in [-0.05, 0) is 19.4 Å². The van der Waals surface area contributed by atoms with E-state index in [2.05, 4.69) is 0 Å². The van der Waals surface area contributed by atoms with Crippen LogP contribution < -0.4 is 10.5 Å². The molecule has 11 nitrogen and oxygen atoms in total. The van der Waals surface area contributed by atoms with Crippen molar-refractivity contribution in [3.05, 3.63) is 51.6 Å². The van der Waals surface area contributed by atoms with Gasteiger partial charge in [0.05, 0.1) is 36.0 Å². The Hall–Kier alpha value is -3.35. The van der Waals surface area contributed by atoms with Gasteiger partial charge in [0, 0.05) is 42.0 Å². The van der Waals surface area contributed by atoms with Crippen LogP contribution in [-0.2, 0) is 20.7 Å². The average molecular weight is 528 g/mol. The SMILES string of the molecule is COc1cccc2c1C(=O)c1c(O)c3c(c(O)c1C2=O)C[C@@](O)(C(=O)CO)C[C@@H]3OC1CC(N)CC(C)O1. The molecule has 3 unspecified atom stereocenters. The summed E-state index contributed by atoms with van der Waals surface area (Å²) in [6.45, 7) is 0.827. The number of methoxy groups -OCH3 is 1. The van der Waals surface area contributed by atoms with E-state index in [-0.39, 0.29) is 46.6 Å². The summed E-state index contributed by atoms with van der Waals surface area (Å²) < 4.78 is 17.2. The molecule has 0 aromatic heterocycles. The molecule has 0 radical (unpaired) electrons. The number of nitrogens with two attached hydrogens (primary N) is 1. The lowest BCUT2D eigenvalue weighted by atomic mass is 9.72. The zero-order chi connectivity index (χ0) is 27.5. The molecule has 2 aromatic carbocycles. The largest absolute Gasteiger partial charge is 0.507 e. The minimum absolute atomic E-state index is 0.0274. The molecule has 3 aliphatic rings. The Morgan fingerprint density at radius 1 is 1.13 bits per heavy atom. The topological polar surface area (TPSA) is 186 Å². The van der Waals surface area contributed by atoms with Crippen LogP contribution >= 0.6 is 0 Å². The van der Waals surface area contributed by atoms with Crippen LogP contribution in [0.15, 0.2) is 18.2 Å². The Balaban J connectivity index is 1.70. The number of rotatable bonds is 5. The Bertz CT molecular complexity index is 1340. The van der Waals surface area contributed by atoms with Crippen LogP contribution in [0.3, 0.4) is 0 Å². The van der Waals surface area contributed by atoms with E-state index in [9.17, 15) is 34.8 Å². The summed E-state index contributed by atoms with van der Waals surface area (Å²) in [4.78, 5) is 39.7. The Labute approximate surface area is 217 Å². The summed E-state index contributed by atoms with van der Waals surface area (Å²) in [6, 6.07) is 4.17. The third kappa shape index (κ3) is 3.98. The number of phenols is 2. The van der Waals surface area contributed by atoms with Gasteiger partial charge in [0.25, 0.3) is 0 Å². The van der Waals surface area contributed by atoms with Gasteiger partial charge in [-0.1, -0.05) is 12.1 Å². The quantitative estimate of drug-likeness (QED) is 0.298. The maximum Gasteiger partial charge on any atom is 0.202 e. The molecule has 0 saturated carbocycles. The molecule has 11 heteroatoms. The number of fused-ring (bicyclic) bond motifs is 3. The molecule has 0 bridgehead atoms. The number of hydrogen-bond donors (Lipinski definition) is 5. The Kier molecular flexibility index (Phi) is 6.52. The van der Waals surface area contributed by atoms with Crippen molar-refractivity contribution in [1.82, 2.24) is 0 Å². The highest BCUT2D eigenvalue weighted by Gasteiger charge is 2.49. The number of phenolic OH excluding ortho intramolecular Hbond substituents is 2. The second-order valence-electron chi connectivity index (χ2n) is 10.1. The van der Waals surface area contributed by atoms with Crippen molar-refractivity contribution in [2.24, 2.45) is 5.73 Å². The molecular formula is C27H29NO10. The van der Waals surface area contributed by atoms with Gasteiger partial charge >= 0.3 is 0 Å².